The Kier molecular flexibility index (Phi) is 8.17. The molecule has 2 amide bonds. The quantitative estimate of drug-likeness (QED) is 0.492. The summed E-state index contributed by atoms with van der Waals surface area (Å²) >= 11 is 0. The average molecular weight is 451 g/mol. The van der Waals surface area contributed by atoms with Gasteiger partial charge in [-0.05, 0) is 76.0 Å². The van der Waals surface area contributed by atoms with Gasteiger partial charge in [-0.25, -0.2) is 0 Å². The van der Waals surface area contributed by atoms with Crippen molar-refractivity contribution in [1.29, 1.82) is 0 Å². The van der Waals surface area contributed by atoms with Gasteiger partial charge < -0.3 is 20.8 Å². The van der Waals surface area contributed by atoms with Crippen LogP contribution in [0.4, 0.5) is 0 Å². The van der Waals surface area contributed by atoms with E-state index in [0.29, 0.717) is 11.8 Å². The Hall–Kier alpha value is -2.12. The molecule has 0 aliphatic heterocycles. The molecule has 3 aliphatic carbocycles. The van der Waals surface area contributed by atoms with E-state index in [0.717, 1.165) is 51.4 Å². The van der Waals surface area contributed by atoms with Crippen LogP contribution in [-0.4, -0.2) is 46.0 Å². The minimum atomic E-state index is -1.17. The summed E-state index contributed by atoms with van der Waals surface area (Å²) in [6.07, 6.45) is 7.26. The summed E-state index contributed by atoms with van der Waals surface area (Å²) in [5.41, 5.74) is 0. The van der Waals surface area contributed by atoms with Crippen LogP contribution in [0.3, 0.4) is 0 Å². The van der Waals surface area contributed by atoms with Crippen molar-refractivity contribution in [2.75, 3.05) is 0 Å². The number of rotatable bonds is 6. The highest BCUT2D eigenvalue weighted by atomic mass is 16.4. The minimum absolute atomic E-state index is 0.0156. The standard InChI is InChI=1S/C24H38N2O6/c1-13-3-7-15(8-4-13)25-21(27)17-11-18(20(24(31)32)12-19(17)23(29)30)22(28)26-16-9-5-14(2)6-10-16/h13-20H,3-12H2,1-2H3,(H,25,27)(H,26,28)(H,29,30)(H,31,32). The Morgan fingerprint density at radius 1 is 0.562 bits per heavy atom. The third-order valence-electron chi connectivity index (χ3n) is 8.02. The molecule has 0 spiro atoms. The van der Waals surface area contributed by atoms with Crippen LogP contribution < -0.4 is 10.6 Å². The fourth-order valence-electron chi connectivity index (χ4n) is 5.75. The van der Waals surface area contributed by atoms with E-state index in [1.54, 1.807) is 0 Å². The predicted octanol–water partition coefficient (Wildman–Crippen LogP) is 2.80. The van der Waals surface area contributed by atoms with Crippen molar-refractivity contribution in [3.05, 3.63) is 0 Å². The van der Waals surface area contributed by atoms with E-state index in [2.05, 4.69) is 24.5 Å². The van der Waals surface area contributed by atoms with E-state index in [1.807, 2.05) is 0 Å². The van der Waals surface area contributed by atoms with E-state index in [4.69, 9.17) is 0 Å². The molecule has 0 heterocycles. The average Bonchev–Trinajstić information content (AvgIpc) is 2.75. The first kappa shape index (κ1) is 24.5. The van der Waals surface area contributed by atoms with E-state index >= 15 is 0 Å². The topological polar surface area (TPSA) is 133 Å². The molecule has 0 aromatic heterocycles. The monoisotopic (exact) mass is 450 g/mol. The molecule has 3 aliphatic rings. The van der Waals surface area contributed by atoms with Crippen molar-refractivity contribution in [3.63, 3.8) is 0 Å². The van der Waals surface area contributed by atoms with Gasteiger partial charge in [0.1, 0.15) is 0 Å². The Morgan fingerprint density at radius 2 is 0.875 bits per heavy atom. The molecule has 4 unspecified atom stereocenters. The molecular weight excluding hydrogens is 412 g/mol. The number of carboxylic acid groups (broad SMARTS) is 2. The fourth-order valence-corrected chi connectivity index (χ4v) is 5.75. The molecule has 3 fully saturated rings. The fraction of sp³-hybridized carbons (Fsp3) is 0.833. The van der Waals surface area contributed by atoms with Crippen molar-refractivity contribution >= 4 is 23.8 Å². The van der Waals surface area contributed by atoms with Crippen molar-refractivity contribution in [2.45, 2.75) is 90.1 Å². The normalized spacial score (nSPS) is 37.8. The van der Waals surface area contributed by atoms with E-state index < -0.39 is 35.6 Å². The summed E-state index contributed by atoms with van der Waals surface area (Å²) in [7, 11) is 0. The zero-order chi connectivity index (χ0) is 23.4. The van der Waals surface area contributed by atoms with Crippen molar-refractivity contribution in [2.24, 2.45) is 35.5 Å². The van der Waals surface area contributed by atoms with Crippen LogP contribution in [0.15, 0.2) is 0 Å². The zero-order valence-corrected chi connectivity index (χ0v) is 19.2. The number of aliphatic carboxylic acids is 2. The minimum Gasteiger partial charge on any atom is -0.481 e. The maximum atomic E-state index is 13.1. The highest BCUT2D eigenvalue weighted by Crippen LogP contribution is 2.40. The molecule has 0 aromatic carbocycles. The summed E-state index contributed by atoms with van der Waals surface area (Å²) < 4.78 is 0. The molecule has 4 atom stereocenters. The Morgan fingerprint density at radius 3 is 1.19 bits per heavy atom. The van der Waals surface area contributed by atoms with Gasteiger partial charge in [0.15, 0.2) is 0 Å². The van der Waals surface area contributed by atoms with Gasteiger partial charge in [-0.3, -0.25) is 19.2 Å². The zero-order valence-electron chi connectivity index (χ0n) is 19.2. The van der Waals surface area contributed by atoms with Crippen LogP contribution in [0.1, 0.15) is 78.1 Å². The summed E-state index contributed by atoms with van der Waals surface area (Å²) in [6.45, 7) is 4.36. The van der Waals surface area contributed by atoms with Gasteiger partial charge in [0.25, 0.3) is 0 Å². The molecule has 8 nitrogen and oxygen atoms in total. The highest BCUT2D eigenvalue weighted by molar-refractivity contribution is 5.90. The number of carbonyl (C=O) groups is 4. The lowest BCUT2D eigenvalue weighted by atomic mass is 9.67. The number of nitrogens with one attached hydrogen (secondary N) is 2. The largest absolute Gasteiger partial charge is 0.481 e. The van der Waals surface area contributed by atoms with E-state index in [-0.39, 0.29) is 36.7 Å². The lowest BCUT2D eigenvalue weighted by Gasteiger charge is -2.38. The summed E-state index contributed by atoms with van der Waals surface area (Å²) in [4.78, 5) is 50.0. The van der Waals surface area contributed by atoms with Crippen LogP contribution in [0.2, 0.25) is 0 Å². The van der Waals surface area contributed by atoms with Gasteiger partial charge in [0.2, 0.25) is 11.8 Å². The molecule has 3 saturated carbocycles. The number of amides is 2. The molecule has 0 aromatic rings. The van der Waals surface area contributed by atoms with Crippen LogP contribution in [0.5, 0.6) is 0 Å². The molecule has 8 heteroatoms. The third kappa shape index (κ3) is 6.01. The second-order valence-electron chi connectivity index (χ2n) is 10.5. The predicted molar refractivity (Wildman–Crippen MR) is 118 cm³/mol. The maximum Gasteiger partial charge on any atom is 0.307 e. The number of hydrogen-bond donors (Lipinski definition) is 4. The number of carbonyl (C=O) groups excluding carboxylic acids is 2. The molecule has 3 rings (SSSR count). The molecule has 32 heavy (non-hydrogen) atoms. The second-order valence-corrected chi connectivity index (χ2v) is 10.5. The highest BCUT2D eigenvalue weighted by Gasteiger charge is 2.49. The van der Waals surface area contributed by atoms with Crippen LogP contribution in [0, 0.1) is 35.5 Å². The van der Waals surface area contributed by atoms with Gasteiger partial charge in [0, 0.05) is 12.1 Å². The van der Waals surface area contributed by atoms with Gasteiger partial charge in [-0.2, -0.15) is 0 Å². The summed E-state index contributed by atoms with van der Waals surface area (Å²) in [6, 6.07) is 0.0312. The summed E-state index contributed by atoms with van der Waals surface area (Å²) in [5, 5.41) is 25.5. The number of carboxylic acids is 2. The molecule has 0 bridgehead atoms. The smallest absolute Gasteiger partial charge is 0.307 e. The molecular formula is C24H38N2O6. The van der Waals surface area contributed by atoms with Crippen LogP contribution in [0.25, 0.3) is 0 Å². The molecule has 0 saturated heterocycles. The maximum absolute atomic E-state index is 13.1. The van der Waals surface area contributed by atoms with Gasteiger partial charge in [0.05, 0.1) is 23.7 Å². The van der Waals surface area contributed by atoms with Crippen LogP contribution >= 0.6 is 0 Å². The first-order valence-corrected chi connectivity index (χ1v) is 12.2. The van der Waals surface area contributed by atoms with Gasteiger partial charge in [-0.1, -0.05) is 13.8 Å². The van der Waals surface area contributed by atoms with E-state index in [9.17, 15) is 29.4 Å². The molecule has 180 valence electrons. The first-order chi connectivity index (χ1) is 15.2. The SMILES string of the molecule is CC1CCC(NC(=O)C2CC(C(=O)NC3CCC(C)CC3)C(C(=O)O)CC2C(=O)O)CC1. The van der Waals surface area contributed by atoms with Crippen LogP contribution in [-0.2, 0) is 19.2 Å². The van der Waals surface area contributed by atoms with E-state index in [1.165, 1.54) is 0 Å². The Labute approximate surface area is 189 Å². The third-order valence-corrected chi connectivity index (χ3v) is 8.02. The first-order valence-electron chi connectivity index (χ1n) is 12.2. The van der Waals surface area contributed by atoms with Gasteiger partial charge in [-0.15, -0.1) is 0 Å². The van der Waals surface area contributed by atoms with Crippen molar-refractivity contribution < 1.29 is 29.4 Å². The molecule has 0 radical (unpaired) electrons. The Bertz CT molecular complexity index is 651. The Balaban J connectivity index is 1.71. The van der Waals surface area contributed by atoms with Crippen molar-refractivity contribution in [1.82, 2.24) is 10.6 Å². The lowest BCUT2D eigenvalue weighted by molar-refractivity contribution is -0.160. The van der Waals surface area contributed by atoms with Crippen molar-refractivity contribution in [3.8, 4) is 0 Å². The number of hydrogen-bond acceptors (Lipinski definition) is 4. The second kappa shape index (κ2) is 10.7. The lowest BCUT2D eigenvalue weighted by Crippen LogP contribution is -2.52. The molecule has 4 N–H and O–H groups in total. The van der Waals surface area contributed by atoms with Gasteiger partial charge >= 0.3 is 11.9 Å². The summed E-state index contributed by atoms with van der Waals surface area (Å²) in [5.74, 6) is -5.81.